The van der Waals surface area contributed by atoms with Gasteiger partial charge < -0.3 is 15.0 Å². The SMILES string of the molecule is O=C([O-])c1ccccc1CCO. The number of hydrogen-bond acceptors (Lipinski definition) is 3. The third kappa shape index (κ3) is 1.83. The third-order valence-corrected chi connectivity index (χ3v) is 1.62. The van der Waals surface area contributed by atoms with Gasteiger partial charge in [0.25, 0.3) is 0 Å². The zero-order valence-electron chi connectivity index (χ0n) is 6.49. The molecule has 12 heavy (non-hydrogen) atoms. The number of hydrogen-bond donors (Lipinski definition) is 1. The normalized spacial score (nSPS) is 9.75. The van der Waals surface area contributed by atoms with Gasteiger partial charge in [-0.3, -0.25) is 0 Å². The molecule has 3 nitrogen and oxygen atoms in total. The molecule has 0 aliphatic heterocycles. The summed E-state index contributed by atoms with van der Waals surface area (Å²) in [4.78, 5) is 10.5. The fourth-order valence-electron chi connectivity index (χ4n) is 1.06. The maximum absolute atomic E-state index is 10.5. The second kappa shape index (κ2) is 3.88. The Morgan fingerprint density at radius 2 is 2.08 bits per heavy atom. The molecule has 0 heterocycles. The largest absolute Gasteiger partial charge is 0.545 e. The number of benzene rings is 1. The van der Waals surface area contributed by atoms with Crippen molar-refractivity contribution in [2.45, 2.75) is 6.42 Å². The van der Waals surface area contributed by atoms with Crippen LogP contribution in [0.3, 0.4) is 0 Å². The lowest BCUT2D eigenvalue weighted by Gasteiger charge is -2.07. The molecule has 0 saturated carbocycles. The Balaban J connectivity index is 3.00. The van der Waals surface area contributed by atoms with Gasteiger partial charge in [0, 0.05) is 12.2 Å². The minimum Gasteiger partial charge on any atom is -0.545 e. The topological polar surface area (TPSA) is 60.4 Å². The Labute approximate surface area is 70.3 Å². The average molecular weight is 165 g/mol. The van der Waals surface area contributed by atoms with E-state index >= 15 is 0 Å². The minimum atomic E-state index is -1.20. The molecule has 0 saturated heterocycles. The molecule has 0 aliphatic carbocycles. The van der Waals surface area contributed by atoms with Gasteiger partial charge in [-0.1, -0.05) is 24.3 Å². The molecule has 0 fully saturated rings. The fraction of sp³-hybridized carbons (Fsp3) is 0.222. The lowest BCUT2D eigenvalue weighted by atomic mass is 10.1. The van der Waals surface area contributed by atoms with Crippen LogP contribution >= 0.6 is 0 Å². The summed E-state index contributed by atoms with van der Waals surface area (Å²) in [5.74, 6) is -1.20. The number of carboxylic acids is 1. The molecule has 1 aromatic carbocycles. The van der Waals surface area contributed by atoms with E-state index in [9.17, 15) is 9.90 Å². The summed E-state index contributed by atoms with van der Waals surface area (Å²) in [7, 11) is 0. The Morgan fingerprint density at radius 1 is 1.42 bits per heavy atom. The Morgan fingerprint density at radius 3 is 2.67 bits per heavy atom. The Bertz CT molecular complexity index is 281. The predicted molar refractivity (Wildman–Crippen MR) is 41.6 cm³/mol. The molecule has 0 aromatic heterocycles. The highest BCUT2D eigenvalue weighted by Gasteiger charge is 2.00. The first-order valence-corrected chi connectivity index (χ1v) is 3.66. The van der Waals surface area contributed by atoms with Crippen molar-refractivity contribution < 1.29 is 15.0 Å². The average Bonchev–Trinajstić information content (AvgIpc) is 2.05. The first kappa shape index (κ1) is 8.74. The van der Waals surface area contributed by atoms with E-state index < -0.39 is 5.97 Å². The van der Waals surface area contributed by atoms with Crippen molar-refractivity contribution in [2.24, 2.45) is 0 Å². The molecule has 64 valence electrons. The van der Waals surface area contributed by atoms with Crippen LogP contribution in [0.5, 0.6) is 0 Å². The number of carbonyl (C=O) groups excluding carboxylic acids is 1. The maximum Gasteiger partial charge on any atom is 0.0718 e. The van der Waals surface area contributed by atoms with Gasteiger partial charge in [-0.05, 0) is 12.0 Å². The van der Waals surface area contributed by atoms with E-state index in [1.54, 1.807) is 18.2 Å². The van der Waals surface area contributed by atoms with Crippen LogP contribution in [-0.2, 0) is 6.42 Å². The van der Waals surface area contributed by atoms with E-state index in [1.807, 2.05) is 0 Å². The van der Waals surface area contributed by atoms with Crippen molar-refractivity contribution >= 4 is 5.97 Å². The second-order valence-electron chi connectivity index (χ2n) is 2.42. The van der Waals surface area contributed by atoms with Crippen LogP contribution in [0.1, 0.15) is 15.9 Å². The van der Waals surface area contributed by atoms with Gasteiger partial charge in [0.2, 0.25) is 0 Å². The van der Waals surface area contributed by atoms with Crippen molar-refractivity contribution in [2.75, 3.05) is 6.61 Å². The number of rotatable bonds is 3. The minimum absolute atomic E-state index is 0.0513. The van der Waals surface area contributed by atoms with Gasteiger partial charge in [-0.25, -0.2) is 0 Å². The number of aromatic carboxylic acids is 1. The van der Waals surface area contributed by atoms with Crippen LogP contribution in [0.4, 0.5) is 0 Å². The molecule has 0 bridgehead atoms. The van der Waals surface area contributed by atoms with E-state index in [0.29, 0.717) is 12.0 Å². The Hall–Kier alpha value is -1.35. The van der Waals surface area contributed by atoms with E-state index in [-0.39, 0.29) is 12.2 Å². The molecule has 0 atom stereocenters. The van der Waals surface area contributed by atoms with Gasteiger partial charge in [-0.2, -0.15) is 0 Å². The van der Waals surface area contributed by atoms with E-state index in [2.05, 4.69) is 0 Å². The second-order valence-corrected chi connectivity index (χ2v) is 2.42. The molecule has 0 amide bonds. The smallest absolute Gasteiger partial charge is 0.0718 e. The lowest BCUT2D eigenvalue weighted by Crippen LogP contribution is -2.23. The summed E-state index contributed by atoms with van der Waals surface area (Å²) < 4.78 is 0. The highest BCUT2D eigenvalue weighted by Crippen LogP contribution is 2.07. The summed E-state index contributed by atoms with van der Waals surface area (Å²) in [6.07, 6.45) is 0.351. The standard InChI is InChI=1S/C9H10O3/c10-6-5-7-3-1-2-4-8(7)9(11)12/h1-4,10H,5-6H2,(H,11,12)/p-1. The predicted octanol–water partition coefficient (Wildman–Crippen LogP) is -0.415. The van der Waals surface area contributed by atoms with Crippen molar-refractivity contribution in [3.8, 4) is 0 Å². The highest BCUT2D eigenvalue weighted by molar-refractivity contribution is 5.87. The summed E-state index contributed by atoms with van der Waals surface area (Å²) in [5, 5.41) is 19.1. The zero-order valence-corrected chi connectivity index (χ0v) is 6.49. The van der Waals surface area contributed by atoms with E-state index in [1.165, 1.54) is 6.07 Å². The van der Waals surface area contributed by atoms with Gasteiger partial charge in [0.05, 0.1) is 5.97 Å². The summed E-state index contributed by atoms with van der Waals surface area (Å²) in [6, 6.07) is 6.51. The first-order valence-electron chi connectivity index (χ1n) is 3.66. The van der Waals surface area contributed by atoms with Gasteiger partial charge >= 0.3 is 0 Å². The molecule has 0 spiro atoms. The van der Waals surface area contributed by atoms with Gasteiger partial charge in [-0.15, -0.1) is 0 Å². The molecule has 3 heteroatoms. The number of aliphatic hydroxyl groups excluding tert-OH is 1. The highest BCUT2D eigenvalue weighted by atomic mass is 16.4. The van der Waals surface area contributed by atoms with Crippen LogP contribution < -0.4 is 5.11 Å². The molecular formula is C9H9O3-. The summed E-state index contributed by atoms with van der Waals surface area (Å²) in [6.45, 7) is -0.0513. The van der Waals surface area contributed by atoms with E-state index in [4.69, 9.17) is 5.11 Å². The van der Waals surface area contributed by atoms with Gasteiger partial charge in [0.15, 0.2) is 0 Å². The van der Waals surface area contributed by atoms with Crippen molar-refractivity contribution in [1.29, 1.82) is 0 Å². The number of aliphatic hydroxyl groups is 1. The van der Waals surface area contributed by atoms with Crippen LogP contribution in [0.2, 0.25) is 0 Å². The van der Waals surface area contributed by atoms with Crippen molar-refractivity contribution in [3.05, 3.63) is 35.4 Å². The first-order chi connectivity index (χ1) is 5.75. The van der Waals surface area contributed by atoms with Crippen LogP contribution in [0, 0.1) is 0 Å². The maximum atomic E-state index is 10.5. The van der Waals surface area contributed by atoms with Crippen LogP contribution in [0.25, 0.3) is 0 Å². The molecule has 0 aliphatic rings. The molecule has 1 rings (SSSR count). The van der Waals surface area contributed by atoms with Crippen molar-refractivity contribution in [3.63, 3.8) is 0 Å². The summed E-state index contributed by atoms with van der Waals surface area (Å²) in [5.41, 5.74) is 0.770. The third-order valence-electron chi connectivity index (χ3n) is 1.62. The van der Waals surface area contributed by atoms with Crippen molar-refractivity contribution in [1.82, 2.24) is 0 Å². The number of carboxylic acid groups (broad SMARTS) is 1. The number of carbonyl (C=O) groups is 1. The molecule has 0 unspecified atom stereocenters. The monoisotopic (exact) mass is 165 g/mol. The van der Waals surface area contributed by atoms with Gasteiger partial charge in [0.1, 0.15) is 0 Å². The van der Waals surface area contributed by atoms with E-state index in [0.717, 1.165) is 0 Å². The zero-order chi connectivity index (χ0) is 8.97. The molecule has 1 aromatic rings. The molecule has 1 N–H and O–H groups in total. The summed E-state index contributed by atoms with van der Waals surface area (Å²) >= 11 is 0. The quantitative estimate of drug-likeness (QED) is 0.662. The van der Waals surface area contributed by atoms with Crippen LogP contribution in [0.15, 0.2) is 24.3 Å². The van der Waals surface area contributed by atoms with Crippen LogP contribution in [-0.4, -0.2) is 17.7 Å². The lowest BCUT2D eigenvalue weighted by molar-refractivity contribution is -0.255. The molecular weight excluding hydrogens is 156 g/mol. The molecule has 0 radical (unpaired) electrons. The fourth-order valence-corrected chi connectivity index (χ4v) is 1.06. The Kier molecular flexibility index (Phi) is 2.82.